The maximum absolute atomic E-state index is 11.1. The van der Waals surface area contributed by atoms with Crippen molar-refractivity contribution in [2.75, 3.05) is 0 Å². The number of carbonyl (C=O) groups excluding carboxylic acids is 2. The molecule has 0 saturated heterocycles. The Kier molecular flexibility index (Phi) is 4.36. The smallest absolute Gasteiger partial charge is 0.287 e. The van der Waals surface area contributed by atoms with Gasteiger partial charge in [0.2, 0.25) is 0 Å². The van der Waals surface area contributed by atoms with Crippen LogP contribution in [0.5, 0.6) is 0 Å². The normalized spacial score (nSPS) is 10.1. The molecule has 0 aliphatic carbocycles. The van der Waals surface area contributed by atoms with Crippen molar-refractivity contribution in [3.63, 3.8) is 0 Å². The number of thioether (sulfide) groups is 2. The van der Waals surface area contributed by atoms with E-state index < -0.39 is 0 Å². The molecule has 0 saturated carbocycles. The Hall–Kier alpha value is -0.110. The second-order valence-electron chi connectivity index (χ2n) is 2.22. The van der Waals surface area contributed by atoms with Crippen LogP contribution in [0.1, 0.15) is 13.8 Å². The Morgan fingerprint density at radius 2 is 1.36 bits per heavy atom. The molecule has 0 aliphatic rings. The molecule has 0 aromatic carbocycles. The monoisotopic (exact) mass is 266 g/mol. The summed E-state index contributed by atoms with van der Waals surface area (Å²) in [6, 6.07) is 0. The summed E-state index contributed by atoms with van der Waals surface area (Å²) in [5.41, 5.74) is 0. The van der Waals surface area contributed by atoms with Crippen LogP contribution in [-0.4, -0.2) is 10.2 Å². The van der Waals surface area contributed by atoms with Gasteiger partial charge in [0.25, 0.3) is 4.06 Å². The van der Waals surface area contributed by atoms with E-state index in [0.717, 1.165) is 46.2 Å². The number of hydrogen-bond donors (Lipinski definition) is 0. The Labute approximate surface area is 96.9 Å². The van der Waals surface area contributed by atoms with E-state index in [9.17, 15) is 14.4 Å². The van der Waals surface area contributed by atoms with E-state index in [1.807, 2.05) is 0 Å². The van der Waals surface area contributed by atoms with Gasteiger partial charge in [-0.3, -0.25) is 14.4 Å². The van der Waals surface area contributed by atoms with Crippen molar-refractivity contribution in [3.05, 3.63) is 8.85 Å². The molecule has 1 aromatic heterocycles. The van der Waals surface area contributed by atoms with E-state index in [1.165, 1.54) is 13.8 Å². The van der Waals surface area contributed by atoms with Gasteiger partial charge in [-0.25, -0.2) is 0 Å². The van der Waals surface area contributed by atoms with Gasteiger partial charge in [0.1, 0.15) is 0 Å². The van der Waals surface area contributed by atoms with Gasteiger partial charge in [0.05, 0.1) is 8.42 Å². The third-order valence-electron chi connectivity index (χ3n) is 0.992. The van der Waals surface area contributed by atoms with Gasteiger partial charge in [-0.1, -0.05) is 22.7 Å². The second-order valence-corrected chi connectivity index (χ2v) is 7.33. The first-order valence-electron chi connectivity index (χ1n) is 3.50. The largest absolute Gasteiger partial charge is 0.289 e. The van der Waals surface area contributed by atoms with E-state index >= 15 is 0 Å². The molecule has 7 heteroatoms. The fourth-order valence-corrected chi connectivity index (χ4v) is 5.27. The summed E-state index contributed by atoms with van der Waals surface area (Å²) in [6.45, 7) is 2.86. The van der Waals surface area contributed by atoms with Crippen molar-refractivity contribution in [2.45, 2.75) is 22.3 Å². The zero-order valence-corrected chi connectivity index (χ0v) is 10.6. The Bertz CT molecular complexity index is 380. The predicted octanol–water partition coefficient (Wildman–Crippen LogP) is 2.45. The summed E-state index contributed by atoms with van der Waals surface area (Å²) in [6.07, 6.45) is 0. The van der Waals surface area contributed by atoms with Crippen LogP contribution in [-0.2, 0) is 9.59 Å². The topological polar surface area (TPSA) is 51.2 Å². The molecular weight excluding hydrogens is 260 g/mol. The summed E-state index contributed by atoms with van der Waals surface area (Å²) < 4.78 is 1.18. The predicted molar refractivity (Wildman–Crippen MR) is 61.5 cm³/mol. The van der Waals surface area contributed by atoms with Crippen molar-refractivity contribution in [1.29, 1.82) is 0 Å². The lowest BCUT2D eigenvalue weighted by Crippen LogP contribution is -1.82. The molecule has 0 N–H and O–H groups in total. The van der Waals surface area contributed by atoms with Crippen LogP contribution in [0.4, 0.5) is 0 Å². The van der Waals surface area contributed by atoms with Gasteiger partial charge in [-0.15, -0.1) is 0 Å². The Balaban J connectivity index is 2.96. The standard InChI is InChI=1S/C7H6O3S4/c1-3(8)11-5-6(12-4(2)9)14-7(10)13-5/h1-2H3. The van der Waals surface area contributed by atoms with Gasteiger partial charge >= 0.3 is 0 Å². The molecular formula is C7H6O3S4. The quantitative estimate of drug-likeness (QED) is 0.770. The number of hydrogen-bond acceptors (Lipinski definition) is 7. The highest BCUT2D eigenvalue weighted by atomic mass is 32.2. The molecule has 1 aromatic rings. The molecule has 14 heavy (non-hydrogen) atoms. The zero-order valence-electron chi connectivity index (χ0n) is 7.36. The first-order valence-corrected chi connectivity index (χ1v) is 6.76. The minimum absolute atomic E-state index is 0.0792. The first-order chi connectivity index (χ1) is 6.49. The van der Waals surface area contributed by atoms with E-state index in [2.05, 4.69) is 0 Å². The number of carbonyl (C=O) groups is 2. The maximum atomic E-state index is 11.1. The van der Waals surface area contributed by atoms with Crippen LogP contribution in [0, 0.1) is 0 Å². The van der Waals surface area contributed by atoms with Crippen molar-refractivity contribution in [2.24, 2.45) is 0 Å². The average molecular weight is 266 g/mol. The lowest BCUT2D eigenvalue weighted by molar-refractivity contribution is -0.110. The molecule has 0 amide bonds. The highest BCUT2D eigenvalue weighted by Crippen LogP contribution is 2.36. The molecule has 1 rings (SSSR count). The minimum atomic E-state index is -0.0856. The van der Waals surface area contributed by atoms with Crippen LogP contribution in [0.25, 0.3) is 0 Å². The van der Waals surface area contributed by atoms with E-state index in [1.54, 1.807) is 0 Å². The average Bonchev–Trinajstić information content (AvgIpc) is 2.28. The van der Waals surface area contributed by atoms with Crippen LogP contribution >= 0.6 is 46.2 Å². The maximum Gasteiger partial charge on any atom is 0.289 e. The van der Waals surface area contributed by atoms with Gasteiger partial charge in [0, 0.05) is 13.8 Å². The van der Waals surface area contributed by atoms with Gasteiger partial charge < -0.3 is 0 Å². The fourth-order valence-electron chi connectivity index (χ4n) is 0.642. The van der Waals surface area contributed by atoms with Crippen molar-refractivity contribution >= 4 is 56.4 Å². The van der Waals surface area contributed by atoms with E-state index in [-0.39, 0.29) is 14.3 Å². The van der Waals surface area contributed by atoms with Crippen LogP contribution in [0.15, 0.2) is 13.2 Å². The molecule has 0 fully saturated rings. The van der Waals surface area contributed by atoms with Crippen LogP contribution < -0.4 is 4.06 Å². The second kappa shape index (κ2) is 5.11. The zero-order chi connectivity index (χ0) is 10.7. The third-order valence-corrected chi connectivity index (χ3v) is 5.47. The summed E-state index contributed by atoms with van der Waals surface area (Å²) in [7, 11) is 0. The lowest BCUT2D eigenvalue weighted by Gasteiger charge is -1.94. The van der Waals surface area contributed by atoms with Gasteiger partial charge in [-0.2, -0.15) is 0 Å². The minimum Gasteiger partial charge on any atom is -0.287 e. The van der Waals surface area contributed by atoms with Crippen molar-refractivity contribution in [1.82, 2.24) is 0 Å². The van der Waals surface area contributed by atoms with Gasteiger partial charge in [0.15, 0.2) is 10.2 Å². The molecule has 0 bridgehead atoms. The number of rotatable bonds is 2. The third kappa shape index (κ3) is 3.56. The van der Waals surface area contributed by atoms with Crippen LogP contribution in [0.2, 0.25) is 0 Å². The summed E-state index contributed by atoms with van der Waals surface area (Å²) >= 11 is 4.04. The molecule has 3 nitrogen and oxygen atoms in total. The molecule has 0 radical (unpaired) electrons. The molecule has 1 heterocycles. The SMILES string of the molecule is CC(=O)Sc1sc(=O)sc1SC(C)=O. The summed E-state index contributed by atoms with van der Waals surface area (Å²) in [5.74, 6) is 0. The van der Waals surface area contributed by atoms with Crippen molar-refractivity contribution in [3.8, 4) is 0 Å². The highest BCUT2D eigenvalue weighted by molar-refractivity contribution is 8.18. The van der Waals surface area contributed by atoms with E-state index in [4.69, 9.17) is 0 Å². The van der Waals surface area contributed by atoms with Crippen molar-refractivity contribution < 1.29 is 9.59 Å². The summed E-state index contributed by atoms with van der Waals surface area (Å²) in [4.78, 5) is 32.7. The Morgan fingerprint density at radius 1 is 1.00 bits per heavy atom. The molecule has 0 spiro atoms. The molecule has 0 unspecified atom stereocenters. The molecule has 76 valence electrons. The van der Waals surface area contributed by atoms with Gasteiger partial charge in [-0.05, 0) is 23.5 Å². The first kappa shape index (κ1) is 12.0. The van der Waals surface area contributed by atoms with E-state index in [0.29, 0.717) is 8.42 Å². The van der Waals surface area contributed by atoms with Crippen LogP contribution in [0.3, 0.4) is 0 Å². The molecule has 0 aliphatic heterocycles. The lowest BCUT2D eigenvalue weighted by atomic mass is 10.9. The Morgan fingerprint density at radius 3 is 1.64 bits per heavy atom. The highest BCUT2D eigenvalue weighted by Gasteiger charge is 2.13. The molecule has 0 atom stereocenters. The summed E-state index contributed by atoms with van der Waals surface area (Å²) in [5, 5.41) is -0.158. The fraction of sp³-hybridized carbons (Fsp3) is 0.286.